The van der Waals surface area contributed by atoms with Crippen molar-refractivity contribution in [2.75, 3.05) is 27.2 Å². The van der Waals surface area contributed by atoms with Crippen LogP contribution in [0, 0.1) is 5.41 Å². The van der Waals surface area contributed by atoms with E-state index in [-0.39, 0.29) is 29.9 Å². The maximum absolute atomic E-state index is 12.1. The molecule has 1 N–H and O–H groups in total. The maximum Gasteiger partial charge on any atom is 0.411 e. The quantitative estimate of drug-likeness (QED) is 0.788. The van der Waals surface area contributed by atoms with Crippen LogP contribution < -0.4 is 0 Å². The minimum Gasteiger partial charge on any atom is -0.479 e. The summed E-state index contributed by atoms with van der Waals surface area (Å²) in [7, 11) is 3.37. The van der Waals surface area contributed by atoms with Crippen molar-refractivity contribution in [2.24, 2.45) is 5.41 Å². The molecule has 1 aliphatic rings. The van der Waals surface area contributed by atoms with Gasteiger partial charge in [-0.1, -0.05) is 20.8 Å². The second-order valence-electron chi connectivity index (χ2n) is 6.76. The number of aliphatic carboxylic acids is 1. The van der Waals surface area contributed by atoms with Gasteiger partial charge in [0.25, 0.3) is 0 Å². The molecule has 1 atom stereocenters. The van der Waals surface area contributed by atoms with E-state index in [0.29, 0.717) is 6.42 Å². The Kier molecular flexibility index (Phi) is 5.57. The third-order valence-corrected chi connectivity index (χ3v) is 3.19. The zero-order valence-corrected chi connectivity index (χ0v) is 13.8. The van der Waals surface area contributed by atoms with Gasteiger partial charge in [0.05, 0.1) is 13.2 Å². The normalized spacial score (nSPS) is 20.4. The van der Waals surface area contributed by atoms with Crippen LogP contribution >= 0.6 is 0 Å². The number of rotatable bonds is 4. The lowest BCUT2D eigenvalue weighted by atomic mass is 9.93. The van der Waals surface area contributed by atoms with Crippen LogP contribution in [0.1, 0.15) is 27.2 Å². The molecule has 0 aromatic heterocycles. The minimum absolute atomic E-state index is 0.00327. The molecule has 1 amide bonds. The van der Waals surface area contributed by atoms with Crippen LogP contribution in [0.25, 0.3) is 0 Å². The summed E-state index contributed by atoms with van der Waals surface area (Å²) in [5.41, 5.74) is 0.0915. The Morgan fingerprint density at radius 2 is 2.00 bits per heavy atom. The highest BCUT2D eigenvalue weighted by Crippen LogP contribution is 2.23. The summed E-state index contributed by atoms with van der Waals surface area (Å²) in [4.78, 5) is 38.0. The molecule has 0 saturated carbocycles. The number of carbonyl (C=O) groups excluding carboxylic acids is 2. The molecule has 0 aliphatic carbocycles. The molecule has 22 heavy (non-hydrogen) atoms. The van der Waals surface area contributed by atoms with E-state index in [4.69, 9.17) is 4.74 Å². The molecule has 0 spiro atoms. The van der Waals surface area contributed by atoms with Crippen molar-refractivity contribution in [1.82, 2.24) is 9.80 Å². The fourth-order valence-electron chi connectivity index (χ4n) is 2.04. The third kappa shape index (κ3) is 4.75. The van der Waals surface area contributed by atoms with E-state index in [9.17, 15) is 19.5 Å². The van der Waals surface area contributed by atoms with Crippen LogP contribution in [-0.4, -0.2) is 66.0 Å². The Morgan fingerprint density at radius 3 is 2.45 bits per heavy atom. The first-order valence-corrected chi connectivity index (χ1v) is 7.10. The highest BCUT2D eigenvalue weighted by molar-refractivity contribution is 6.08. The van der Waals surface area contributed by atoms with Gasteiger partial charge >= 0.3 is 12.1 Å². The summed E-state index contributed by atoms with van der Waals surface area (Å²) in [6.07, 6.45) is 1.31. The van der Waals surface area contributed by atoms with E-state index in [1.807, 2.05) is 20.8 Å². The number of hydrogen-bond donors (Lipinski definition) is 1. The monoisotopic (exact) mass is 312 g/mol. The molecular weight excluding hydrogens is 288 g/mol. The third-order valence-electron chi connectivity index (χ3n) is 3.19. The number of ketones is 1. The first kappa shape index (κ1) is 18.0. The van der Waals surface area contributed by atoms with Gasteiger partial charge in [-0.2, -0.15) is 0 Å². The van der Waals surface area contributed by atoms with Gasteiger partial charge in [-0.3, -0.25) is 9.69 Å². The summed E-state index contributed by atoms with van der Waals surface area (Å²) in [5, 5.41) is 9.33. The summed E-state index contributed by atoms with van der Waals surface area (Å²) < 4.78 is 5.11. The van der Waals surface area contributed by atoms with E-state index >= 15 is 0 Å². The Morgan fingerprint density at radius 1 is 1.41 bits per heavy atom. The lowest BCUT2D eigenvalue weighted by Crippen LogP contribution is -2.42. The fraction of sp³-hybridized carbons (Fsp3) is 0.667. The number of carboxylic acids is 1. The molecule has 0 aromatic carbocycles. The summed E-state index contributed by atoms with van der Waals surface area (Å²) in [6.45, 7) is 5.95. The molecule has 124 valence electrons. The second-order valence-corrected chi connectivity index (χ2v) is 6.76. The number of carbonyl (C=O) groups is 3. The highest BCUT2D eigenvalue weighted by Gasteiger charge is 2.44. The van der Waals surface area contributed by atoms with E-state index in [0.717, 1.165) is 4.90 Å². The number of carboxylic acid groups (broad SMARTS) is 1. The first-order valence-electron chi connectivity index (χ1n) is 7.10. The Hall–Kier alpha value is -2.05. The van der Waals surface area contributed by atoms with Crippen LogP contribution in [-0.2, 0) is 14.3 Å². The first-order chi connectivity index (χ1) is 10.0. The van der Waals surface area contributed by atoms with Gasteiger partial charge in [-0.05, 0) is 11.8 Å². The lowest BCUT2D eigenvalue weighted by molar-refractivity contribution is -0.140. The van der Waals surface area contributed by atoms with Crippen molar-refractivity contribution in [3.8, 4) is 0 Å². The Labute approximate surface area is 130 Å². The van der Waals surface area contributed by atoms with Gasteiger partial charge < -0.3 is 14.7 Å². The van der Waals surface area contributed by atoms with Gasteiger partial charge in [0.15, 0.2) is 11.8 Å². The molecule has 1 rings (SSSR count). The van der Waals surface area contributed by atoms with Crippen LogP contribution in [0.15, 0.2) is 11.8 Å². The zero-order valence-electron chi connectivity index (χ0n) is 13.8. The molecule has 1 heterocycles. The molecule has 1 unspecified atom stereocenters. The summed E-state index contributed by atoms with van der Waals surface area (Å²) >= 11 is 0. The number of nitrogens with zero attached hydrogens (tertiary/aromatic N) is 2. The molecule has 1 fully saturated rings. The number of hydrogen-bond acceptors (Lipinski definition) is 5. The Bertz CT molecular complexity index is 491. The predicted octanol–water partition coefficient (Wildman–Crippen LogP) is 1.34. The predicted molar refractivity (Wildman–Crippen MR) is 80.3 cm³/mol. The van der Waals surface area contributed by atoms with E-state index < -0.39 is 18.1 Å². The highest BCUT2D eigenvalue weighted by atomic mass is 16.6. The smallest absolute Gasteiger partial charge is 0.411 e. The maximum atomic E-state index is 12.1. The average Bonchev–Trinajstić information content (AvgIpc) is 2.64. The molecule has 0 radical (unpaired) electrons. The van der Waals surface area contributed by atoms with Crippen LogP contribution in [0.4, 0.5) is 4.79 Å². The topological polar surface area (TPSA) is 87.2 Å². The van der Waals surface area contributed by atoms with Gasteiger partial charge in [0, 0.05) is 25.9 Å². The van der Waals surface area contributed by atoms with Crippen molar-refractivity contribution in [1.29, 1.82) is 0 Å². The van der Waals surface area contributed by atoms with Crippen molar-refractivity contribution < 1.29 is 24.2 Å². The largest absolute Gasteiger partial charge is 0.479 e. The van der Waals surface area contributed by atoms with Gasteiger partial charge in [-0.25, -0.2) is 9.59 Å². The van der Waals surface area contributed by atoms with Crippen molar-refractivity contribution in [3.05, 3.63) is 11.8 Å². The summed E-state index contributed by atoms with van der Waals surface area (Å²) in [5.74, 6) is -1.62. The molecule has 0 aromatic rings. The molecule has 1 aliphatic heterocycles. The minimum atomic E-state index is -1.29. The van der Waals surface area contributed by atoms with Crippen LogP contribution in [0.3, 0.4) is 0 Å². The number of ether oxygens (including phenoxy) is 1. The summed E-state index contributed by atoms with van der Waals surface area (Å²) in [6, 6.07) is -1.29. The van der Waals surface area contributed by atoms with Crippen molar-refractivity contribution >= 4 is 17.8 Å². The van der Waals surface area contributed by atoms with Gasteiger partial charge in [-0.15, -0.1) is 0 Å². The van der Waals surface area contributed by atoms with Crippen LogP contribution in [0.2, 0.25) is 0 Å². The molecule has 7 nitrogen and oxygen atoms in total. The SMILES string of the molecule is CN(C)/C=C1/C(=O)CN(C(=O)OCCC(C)(C)C)C1C(=O)O. The number of likely N-dealkylation sites (tertiary alicyclic amines) is 1. The van der Waals surface area contributed by atoms with Crippen molar-refractivity contribution in [3.63, 3.8) is 0 Å². The second kappa shape index (κ2) is 6.81. The van der Waals surface area contributed by atoms with Gasteiger partial charge in [0.1, 0.15) is 0 Å². The van der Waals surface area contributed by atoms with E-state index in [1.165, 1.54) is 6.20 Å². The lowest BCUT2D eigenvalue weighted by Gasteiger charge is -2.22. The molecule has 1 saturated heterocycles. The zero-order chi connectivity index (χ0) is 17.1. The number of Topliss-reactive ketones (excluding diaryl/α,β-unsaturated/α-hetero) is 1. The number of amides is 1. The molecule has 7 heteroatoms. The van der Waals surface area contributed by atoms with Gasteiger partial charge in [0.2, 0.25) is 0 Å². The fourth-order valence-corrected chi connectivity index (χ4v) is 2.04. The van der Waals surface area contributed by atoms with E-state index in [1.54, 1.807) is 19.0 Å². The molecule has 0 bridgehead atoms. The Balaban J connectivity index is 2.83. The molecular formula is C15H24N2O5. The van der Waals surface area contributed by atoms with Crippen LogP contribution in [0.5, 0.6) is 0 Å². The average molecular weight is 312 g/mol. The standard InChI is InChI=1S/C15H24N2O5/c1-15(2,3)6-7-22-14(21)17-9-11(18)10(8-16(4)5)12(17)13(19)20/h8,12H,6-7,9H2,1-5H3,(H,19,20)/b10-8-. The van der Waals surface area contributed by atoms with E-state index in [2.05, 4.69) is 0 Å². The van der Waals surface area contributed by atoms with Crippen molar-refractivity contribution in [2.45, 2.75) is 33.2 Å².